The predicted octanol–water partition coefficient (Wildman–Crippen LogP) is 6.07. The molecule has 0 saturated carbocycles. The van der Waals surface area contributed by atoms with Crippen LogP contribution in [0.15, 0.2) is 106 Å². The average Bonchev–Trinajstić information content (AvgIpc) is 3.45. The van der Waals surface area contributed by atoms with Gasteiger partial charge in [-0.05, 0) is 73.0 Å². The summed E-state index contributed by atoms with van der Waals surface area (Å²) in [4.78, 5) is 33.5. The number of hydrogen-bond acceptors (Lipinski definition) is 9. The fourth-order valence-corrected chi connectivity index (χ4v) is 6.67. The van der Waals surface area contributed by atoms with Crippen molar-refractivity contribution < 1.29 is 32.9 Å². The Kier molecular flexibility index (Phi) is 10.4. The molecule has 0 amide bonds. The Hall–Kier alpha value is -5.68. The lowest BCUT2D eigenvalue weighted by molar-refractivity contribution is -0.138. The van der Waals surface area contributed by atoms with Crippen molar-refractivity contribution in [3.8, 4) is 23.0 Å². The summed E-state index contributed by atoms with van der Waals surface area (Å²) in [6.45, 7) is 4.36. The summed E-state index contributed by atoms with van der Waals surface area (Å²) in [5.41, 5.74) is 3.13. The third-order valence-corrected chi connectivity index (χ3v) is 8.95. The number of thiazole rings is 1. The van der Waals surface area contributed by atoms with Crippen LogP contribution in [0.25, 0.3) is 11.8 Å². The molecule has 256 valence electrons. The van der Waals surface area contributed by atoms with Gasteiger partial charge in [-0.3, -0.25) is 9.36 Å². The van der Waals surface area contributed by atoms with Gasteiger partial charge in [0.2, 0.25) is 0 Å². The van der Waals surface area contributed by atoms with Crippen LogP contribution >= 0.6 is 11.3 Å². The number of esters is 1. The van der Waals surface area contributed by atoms with Gasteiger partial charge in [-0.2, -0.15) is 0 Å². The molecular formula is C39H35FN2O7S. The largest absolute Gasteiger partial charge is 0.493 e. The maximum absolute atomic E-state index is 14.4. The molecule has 0 aliphatic carbocycles. The summed E-state index contributed by atoms with van der Waals surface area (Å²) in [5.74, 6) is 1.05. The van der Waals surface area contributed by atoms with Gasteiger partial charge in [0.1, 0.15) is 12.4 Å². The van der Waals surface area contributed by atoms with Crippen molar-refractivity contribution in [1.29, 1.82) is 0 Å². The van der Waals surface area contributed by atoms with Crippen molar-refractivity contribution in [3.05, 3.63) is 144 Å². The number of rotatable bonds is 12. The molecule has 0 fully saturated rings. The van der Waals surface area contributed by atoms with Crippen molar-refractivity contribution in [2.24, 2.45) is 4.99 Å². The van der Waals surface area contributed by atoms with E-state index in [1.807, 2.05) is 43.3 Å². The highest BCUT2D eigenvalue weighted by molar-refractivity contribution is 7.07. The maximum atomic E-state index is 14.4. The van der Waals surface area contributed by atoms with E-state index in [0.29, 0.717) is 61.3 Å². The Labute approximate surface area is 292 Å². The van der Waals surface area contributed by atoms with E-state index in [4.69, 9.17) is 28.7 Å². The van der Waals surface area contributed by atoms with E-state index in [1.165, 1.54) is 35.1 Å². The molecule has 11 heteroatoms. The van der Waals surface area contributed by atoms with Crippen LogP contribution in [0, 0.1) is 5.82 Å². The van der Waals surface area contributed by atoms with Crippen LogP contribution in [0.4, 0.5) is 4.39 Å². The standard InChI is InChI=1S/C39H35FN2O7S/c1-5-47-32-20-25(14-18-30(32)49-23-24-12-16-28(40)17-13-24)21-33-37(43)42-36(27-15-19-29(45-3)31(22-27)46-4)34(38(44)48-6-2)35(41-39(42)50-33)26-10-8-7-9-11-26/h7-22,36H,5-6,23H2,1-4H3/b33-21-/t36-/m0/s1. The number of methoxy groups -OCH3 is 2. The van der Waals surface area contributed by atoms with Gasteiger partial charge in [0.25, 0.3) is 5.56 Å². The zero-order valence-electron chi connectivity index (χ0n) is 28.0. The molecule has 4 aromatic carbocycles. The Morgan fingerprint density at radius 1 is 0.860 bits per heavy atom. The van der Waals surface area contributed by atoms with Crippen molar-refractivity contribution in [2.45, 2.75) is 26.5 Å². The second-order valence-corrected chi connectivity index (χ2v) is 12.1. The molecule has 0 radical (unpaired) electrons. The van der Waals surface area contributed by atoms with E-state index in [-0.39, 0.29) is 30.2 Å². The van der Waals surface area contributed by atoms with Crippen LogP contribution < -0.4 is 33.8 Å². The molecule has 0 unspecified atom stereocenters. The summed E-state index contributed by atoms with van der Waals surface area (Å²) in [7, 11) is 3.07. The average molecular weight is 695 g/mol. The van der Waals surface area contributed by atoms with Crippen molar-refractivity contribution in [2.75, 3.05) is 27.4 Å². The third kappa shape index (κ3) is 7.04. The van der Waals surface area contributed by atoms with Gasteiger partial charge in [0, 0.05) is 5.56 Å². The van der Waals surface area contributed by atoms with E-state index >= 15 is 0 Å². The number of benzene rings is 4. The molecule has 1 aliphatic heterocycles. The summed E-state index contributed by atoms with van der Waals surface area (Å²) in [6, 6.07) is 25.3. The number of aromatic nitrogens is 1. The Balaban J connectivity index is 1.50. The molecule has 0 saturated heterocycles. The SMILES string of the molecule is CCOC(=O)C1=C(c2ccccc2)N=c2s/c(=C\c3ccc(OCc4ccc(F)cc4)c(OCC)c3)c(=O)n2[C@H]1c1ccc(OC)c(OC)c1. The van der Waals surface area contributed by atoms with Crippen LogP contribution in [-0.2, 0) is 16.1 Å². The quantitative estimate of drug-likeness (QED) is 0.146. The summed E-state index contributed by atoms with van der Waals surface area (Å²) >= 11 is 1.21. The number of hydrogen-bond donors (Lipinski definition) is 0. The highest BCUT2D eigenvalue weighted by atomic mass is 32.1. The van der Waals surface area contributed by atoms with Crippen molar-refractivity contribution in [1.82, 2.24) is 4.57 Å². The molecule has 1 aromatic heterocycles. The first-order chi connectivity index (χ1) is 24.3. The monoisotopic (exact) mass is 694 g/mol. The Morgan fingerprint density at radius 2 is 1.60 bits per heavy atom. The van der Waals surface area contributed by atoms with E-state index < -0.39 is 12.0 Å². The molecule has 0 N–H and O–H groups in total. The third-order valence-electron chi connectivity index (χ3n) is 7.97. The molecule has 0 spiro atoms. The zero-order chi connectivity index (χ0) is 35.2. The van der Waals surface area contributed by atoms with Gasteiger partial charge in [-0.15, -0.1) is 0 Å². The van der Waals surface area contributed by atoms with Gasteiger partial charge in [0.15, 0.2) is 27.8 Å². The topological polar surface area (TPSA) is 97.6 Å². The highest BCUT2D eigenvalue weighted by Crippen LogP contribution is 2.38. The van der Waals surface area contributed by atoms with Crippen LogP contribution in [0.1, 0.15) is 42.1 Å². The van der Waals surface area contributed by atoms with E-state index in [9.17, 15) is 14.0 Å². The van der Waals surface area contributed by atoms with Crippen LogP contribution in [0.2, 0.25) is 0 Å². The Morgan fingerprint density at radius 3 is 2.30 bits per heavy atom. The highest BCUT2D eigenvalue weighted by Gasteiger charge is 2.35. The lowest BCUT2D eigenvalue weighted by atomic mass is 9.93. The maximum Gasteiger partial charge on any atom is 0.338 e. The zero-order valence-corrected chi connectivity index (χ0v) is 28.8. The minimum atomic E-state index is -0.885. The lowest BCUT2D eigenvalue weighted by Gasteiger charge is -2.26. The lowest BCUT2D eigenvalue weighted by Crippen LogP contribution is -2.40. The van der Waals surface area contributed by atoms with Gasteiger partial charge in [-0.1, -0.05) is 65.9 Å². The van der Waals surface area contributed by atoms with Crippen LogP contribution in [0.5, 0.6) is 23.0 Å². The number of carbonyl (C=O) groups excluding carboxylic acids is 1. The van der Waals surface area contributed by atoms with Gasteiger partial charge >= 0.3 is 5.97 Å². The van der Waals surface area contributed by atoms with Gasteiger partial charge in [0.05, 0.1) is 49.3 Å². The summed E-state index contributed by atoms with van der Waals surface area (Å²) in [6.07, 6.45) is 1.76. The predicted molar refractivity (Wildman–Crippen MR) is 189 cm³/mol. The molecule has 6 rings (SSSR count). The molecule has 50 heavy (non-hydrogen) atoms. The number of ether oxygens (including phenoxy) is 5. The fraction of sp³-hybridized carbons (Fsp3) is 0.205. The minimum absolute atomic E-state index is 0.138. The molecule has 2 heterocycles. The number of carbonyl (C=O) groups is 1. The first kappa shape index (κ1) is 34.2. The second-order valence-electron chi connectivity index (χ2n) is 11.1. The molecule has 5 aromatic rings. The van der Waals surface area contributed by atoms with Crippen LogP contribution in [0.3, 0.4) is 0 Å². The number of nitrogens with zero attached hydrogens (tertiary/aromatic N) is 2. The normalized spacial score (nSPS) is 14.1. The molecular weight excluding hydrogens is 660 g/mol. The molecule has 1 atom stereocenters. The van der Waals surface area contributed by atoms with E-state index in [1.54, 1.807) is 62.6 Å². The summed E-state index contributed by atoms with van der Waals surface area (Å²) < 4.78 is 43.8. The van der Waals surface area contributed by atoms with Gasteiger partial charge in [-0.25, -0.2) is 14.2 Å². The van der Waals surface area contributed by atoms with Gasteiger partial charge < -0.3 is 23.7 Å². The van der Waals surface area contributed by atoms with Crippen molar-refractivity contribution >= 4 is 29.1 Å². The summed E-state index contributed by atoms with van der Waals surface area (Å²) in [5, 5.41) is 0. The fourth-order valence-electron chi connectivity index (χ4n) is 5.67. The second kappa shape index (κ2) is 15.3. The Bertz CT molecular complexity index is 2230. The van der Waals surface area contributed by atoms with E-state index in [0.717, 1.165) is 5.56 Å². The smallest absolute Gasteiger partial charge is 0.338 e. The van der Waals surface area contributed by atoms with Crippen molar-refractivity contribution in [3.63, 3.8) is 0 Å². The van der Waals surface area contributed by atoms with Crippen LogP contribution in [-0.4, -0.2) is 38.0 Å². The number of halogens is 1. The number of fused-ring (bicyclic) bond motifs is 1. The molecule has 0 bridgehead atoms. The molecule has 1 aliphatic rings. The first-order valence-corrected chi connectivity index (χ1v) is 16.8. The molecule has 9 nitrogen and oxygen atoms in total. The van der Waals surface area contributed by atoms with E-state index in [2.05, 4.69) is 0 Å². The first-order valence-electron chi connectivity index (χ1n) is 16.0. The minimum Gasteiger partial charge on any atom is -0.493 e.